The molecule has 2 aliphatic carbocycles. The largest absolute Gasteiger partial charge is 0.492 e. The smallest absolute Gasteiger partial charge is 0.158 e. The van der Waals surface area contributed by atoms with Crippen molar-refractivity contribution in [3.05, 3.63) is 47.4 Å². The van der Waals surface area contributed by atoms with Gasteiger partial charge in [0, 0.05) is 11.0 Å². The Labute approximate surface area is 113 Å². The Kier molecular flexibility index (Phi) is 1.96. The molecule has 1 saturated carbocycles. The van der Waals surface area contributed by atoms with Gasteiger partial charge < -0.3 is 4.74 Å². The van der Waals surface area contributed by atoms with Crippen LogP contribution in [0.2, 0.25) is 0 Å². The van der Waals surface area contributed by atoms with Crippen LogP contribution in [0.5, 0.6) is 5.75 Å². The molecule has 2 heteroatoms. The summed E-state index contributed by atoms with van der Waals surface area (Å²) in [6.45, 7) is 5.12. The van der Waals surface area contributed by atoms with Gasteiger partial charge >= 0.3 is 0 Å². The summed E-state index contributed by atoms with van der Waals surface area (Å²) < 4.78 is 5.72. The van der Waals surface area contributed by atoms with Crippen LogP contribution in [0.4, 0.5) is 0 Å². The quantitative estimate of drug-likeness (QED) is 0.827. The molecule has 2 nitrogen and oxygen atoms in total. The molecule has 1 radical (unpaired) electrons. The fourth-order valence-electron chi connectivity index (χ4n) is 3.06. The van der Waals surface area contributed by atoms with Gasteiger partial charge in [0.25, 0.3) is 0 Å². The maximum atomic E-state index is 12.4. The number of ether oxygens (including phenoxy) is 1. The van der Waals surface area contributed by atoms with Crippen molar-refractivity contribution >= 4 is 5.78 Å². The van der Waals surface area contributed by atoms with Crippen molar-refractivity contribution in [2.75, 3.05) is 6.61 Å². The summed E-state index contributed by atoms with van der Waals surface area (Å²) in [5.74, 6) is 2.20. The van der Waals surface area contributed by atoms with Crippen molar-refractivity contribution in [2.45, 2.75) is 37.5 Å². The molecule has 1 aromatic rings. The van der Waals surface area contributed by atoms with Gasteiger partial charge in [-0.05, 0) is 24.5 Å². The number of Topliss-reactive ketones (excluding diaryl/α,β-unsaturated/α-hetero) is 1. The summed E-state index contributed by atoms with van der Waals surface area (Å²) in [4.78, 5) is 12.4. The first-order valence-corrected chi connectivity index (χ1v) is 6.91. The lowest BCUT2D eigenvalue weighted by Crippen LogP contribution is -2.23. The molecule has 0 atom stereocenters. The number of hydrogen-bond donors (Lipinski definition) is 0. The third-order valence-corrected chi connectivity index (χ3v) is 4.63. The van der Waals surface area contributed by atoms with E-state index in [9.17, 15) is 4.79 Å². The average Bonchev–Trinajstić information content (AvgIpc) is 3.27. The molecule has 1 aliphatic heterocycles. The van der Waals surface area contributed by atoms with Gasteiger partial charge in [-0.3, -0.25) is 4.79 Å². The Bertz CT molecular complexity index is 600. The van der Waals surface area contributed by atoms with E-state index in [2.05, 4.69) is 26.0 Å². The summed E-state index contributed by atoms with van der Waals surface area (Å²) in [5.41, 5.74) is 2.25. The summed E-state index contributed by atoms with van der Waals surface area (Å²) in [7, 11) is 0. The Hall–Kier alpha value is -1.57. The molecule has 0 amide bonds. The fourth-order valence-corrected chi connectivity index (χ4v) is 3.06. The van der Waals surface area contributed by atoms with E-state index in [-0.39, 0.29) is 10.8 Å². The molecule has 97 valence electrons. The molecule has 19 heavy (non-hydrogen) atoms. The summed E-state index contributed by atoms with van der Waals surface area (Å²) >= 11 is 0. The second-order valence-electron chi connectivity index (χ2n) is 6.58. The van der Waals surface area contributed by atoms with Crippen LogP contribution in [0.1, 0.15) is 37.8 Å². The van der Waals surface area contributed by atoms with Gasteiger partial charge in [0.1, 0.15) is 5.75 Å². The standard InChI is InChI=1S/C17H17O2/c1-16(2)10-19-14-6-5-12(9-13(14)16)17(7-8-17)15(18)11-3-4-11/h3-6,9H,7-8,10H2,1-2H3. The SMILES string of the molecule is CC1(C)COc2ccc(C3(C(=O)[C]4C=C4)CC3)cc21. The van der Waals surface area contributed by atoms with Gasteiger partial charge in [-0.1, -0.05) is 38.1 Å². The number of ketones is 1. The minimum absolute atomic E-state index is 0.0510. The third kappa shape index (κ3) is 1.52. The minimum atomic E-state index is -0.230. The molecular formula is C17H17O2. The van der Waals surface area contributed by atoms with Crippen molar-refractivity contribution in [3.63, 3.8) is 0 Å². The summed E-state index contributed by atoms with van der Waals surface area (Å²) in [6, 6.07) is 6.32. The number of rotatable bonds is 3. The Morgan fingerprint density at radius 1 is 1.21 bits per heavy atom. The molecule has 0 N–H and O–H groups in total. The topological polar surface area (TPSA) is 26.3 Å². The second-order valence-corrected chi connectivity index (χ2v) is 6.58. The van der Waals surface area contributed by atoms with Crippen LogP contribution in [0, 0.1) is 5.92 Å². The van der Waals surface area contributed by atoms with Crippen molar-refractivity contribution in [1.29, 1.82) is 0 Å². The van der Waals surface area contributed by atoms with Crippen molar-refractivity contribution in [2.24, 2.45) is 0 Å². The van der Waals surface area contributed by atoms with Crippen LogP contribution < -0.4 is 4.74 Å². The molecule has 0 spiro atoms. The van der Waals surface area contributed by atoms with Gasteiger partial charge in [0.05, 0.1) is 17.9 Å². The molecule has 1 aromatic carbocycles. The van der Waals surface area contributed by atoms with Crippen LogP contribution in [0.3, 0.4) is 0 Å². The van der Waals surface area contributed by atoms with Gasteiger partial charge in [0.15, 0.2) is 5.78 Å². The first kappa shape index (κ1) is 11.3. The monoisotopic (exact) mass is 253 g/mol. The van der Waals surface area contributed by atoms with E-state index in [0.29, 0.717) is 5.78 Å². The highest BCUT2D eigenvalue weighted by molar-refractivity contribution is 6.10. The average molecular weight is 253 g/mol. The molecule has 1 fully saturated rings. The van der Waals surface area contributed by atoms with E-state index in [0.717, 1.165) is 31.1 Å². The summed E-state index contributed by atoms with van der Waals surface area (Å²) in [6.07, 6.45) is 5.81. The van der Waals surface area contributed by atoms with Crippen molar-refractivity contribution in [3.8, 4) is 5.75 Å². The van der Waals surface area contributed by atoms with Crippen LogP contribution >= 0.6 is 0 Å². The predicted molar refractivity (Wildman–Crippen MR) is 73.3 cm³/mol. The first-order chi connectivity index (χ1) is 9.03. The lowest BCUT2D eigenvalue weighted by atomic mass is 9.82. The number of benzene rings is 1. The number of fused-ring (bicyclic) bond motifs is 1. The normalized spacial score (nSPS) is 24.7. The zero-order valence-electron chi connectivity index (χ0n) is 11.3. The second kappa shape index (κ2) is 3.30. The van der Waals surface area contributed by atoms with Gasteiger partial charge in [-0.25, -0.2) is 0 Å². The van der Waals surface area contributed by atoms with E-state index in [1.807, 2.05) is 18.2 Å². The number of hydrogen-bond acceptors (Lipinski definition) is 2. The fraction of sp³-hybridized carbons (Fsp3) is 0.412. The van der Waals surface area contributed by atoms with E-state index in [1.165, 1.54) is 11.1 Å². The van der Waals surface area contributed by atoms with Crippen LogP contribution in [-0.4, -0.2) is 12.4 Å². The third-order valence-electron chi connectivity index (χ3n) is 4.63. The van der Waals surface area contributed by atoms with Gasteiger partial charge in [-0.15, -0.1) is 0 Å². The van der Waals surface area contributed by atoms with Crippen LogP contribution in [0.25, 0.3) is 0 Å². The number of carbonyl (C=O) groups is 1. The molecule has 0 bridgehead atoms. The van der Waals surface area contributed by atoms with Crippen LogP contribution in [-0.2, 0) is 15.6 Å². The van der Waals surface area contributed by atoms with Crippen molar-refractivity contribution < 1.29 is 9.53 Å². The highest BCUT2D eigenvalue weighted by Crippen LogP contribution is 2.54. The molecule has 3 aliphatic rings. The highest BCUT2D eigenvalue weighted by atomic mass is 16.5. The van der Waals surface area contributed by atoms with Gasteiger partial charge in [-0.2, -0.15) is 0 Å². The van der Waals surface area contributed by atoms with E-state index < -0.39 is 0 Å². The molecule has 0 saturated heterocycles. The molecule has 0 aromatic heterocycles. The summed E-state index contributed by atoms with van der Waals surface area (Å²) in [5, 5.41) is 0. The Balaban J connectivity index is 1.75. The zero-order valence-corrected chi connectivity index (χ0v) is 11.3. The minimum Gasteiger partial charge on any atom is -0.492 e. The predicted octanol–water partition coefficient (Wildman–Crippen LogP) is 3.10. The van der Waals surface area contributed by atoms with E-state index in [4.69, 9.17) is 4.74 Å². The molecule has 1 heterocycles. The Morgan fingerprint density at radius 3 is 2.58 bits per heavy atom. The lowest BCUT2D eigenvalue weighted by molar-refractivity contribution is -0.118. The van der Waals surface area contributed by atoms with Gasteiger partial charge in [0.2, 0.25) is 0 Å². The molecule has 0 unspecified atom stereocenters. The molecular weight excluding hydrogens is 236 g/mol. The first-order valence-electron chi connectivity index (χ1n) is 6.91. The highest BCUT2D eigenvalue weighted by Gasteiger charge is 2.54. The maximum Gasteiger partial charge on any atom is 0.158 e. The number of carbonyl (C=O) groups excluding carboxylic acids is 1. The zero-order chi connectivity index (χ0) is 13.3. The Morgan fingerprint density at radius 2 is 1.95 bits per heavy atom. The lowest BCUT2D eigenvalue weighted by Gasteiger charge is -2.19. The number of allylic oxidation sites excluding steroid dienone is 2. The van der Waals surface area contributed by atoms with Crippen LogP contribution in [0.15, 0.2) is 30.4 Å². The molecule has 4 rings (SSSR count). The van der Waals surface area contributed by atoms with Crippen molar-refractivity contribution in [1.82, 2.24) is 0 Å². The van der Waals surface area contributed by atoms with E-state index >= 15 is 0 Å². The van der Waals surface area contributed by atoms with E-state index in [1.54, 1.807) is 0 Å². The maximum absolute atomic E-state index is 12.4.